The van der Waals surface area contributed by atoms with Crippen LogP contribution in [-0.4, -0.2) is 11.9 Å². The van der Waals surface area contributed by atoms with Gasteiger partial charge in [0, 0.05) is 12.0 Å². The molecule has 2 saturated carbocycles. The van der Waals surface area contributed by atoms with Crippen LogP contribution in [0.3, 0.4) is 0 Å². The standard InChI is InChI=1S/C8H13NO/c1-5-4-7(5)9-8(10)6-2-3-6/h5-7H,2-4H2,1H3,(H,9,10). The average Bonchev–Trinajstić information content (AvgIpc) is 2.66. The lowest BCUT2D eigenvalue weighted by Gasteiger charge is -1.99. The lowest BCUT2D eigenvalue weighted by Crippen LogP contribution is -2.27. The van der Waals surface area contributed by atoms with Gasteiger partial charge in [0.25, 0.3) is 0 Å². The number of rotatable bonds is 2. The van der Waals surface area contributed by atoms with E-state index in [1.165, 1.54) is 6.42 Å². The number of carbonyl (C=O) groups excluding carboxylic acids is 1. The minimum absolute atomic E-state index is 0.300. The Morgan fingerprint density at radius 1 is 1.50 bits per heavy atom. The quantitative estimate of drug-likeness (QED) is 0.605. The highest BCUT2D eigenvalue weighted by Gasteiger charge is 2.38. The third-order valence-corrected chi connectivity index (χ3v) is 2.39. The van der Waals surface area contributed by atoms with E-state index in [2.05, 4.69) is 12.2 Å². The van der Waals surface area contributed by atoms with Crippen LogP contribution >= 0.6 is 0 Å². The molecule has 0 aromatic heterocycles. The summed E-state index contributed by atoms with van der Waals surface area (Å²) in [5.41, 5.74) is 0. The van der Waals surface area contributed by atoms with Gasteiger partial charge >= 0.3 is 0 Å². The molecule has 0 aromatic rings. The Kier molecular flexibility index (Phi) is 1.22. The van der Waals surface area contributed by atoms with Crippen LogP contribution in [-0.2, 0) is 4.79 Å². The molecular weight excluding hydrogens is 126 g/mol. The summed E-state index contributed by atoms with van der Waals surface area (Å²) < 4.78 is 0. The predicted octanol–water partition coefficient (Wildman–Crippen LogP) is 0.921. The normalized spacial score (nSPS) is 37.3. The van der Waals surface area contributed by atoms with Crippen LogP contribution in [0.2, 0.25) is 0 Å². The molecule has 2 aliphatic rings. The summed E-state index contributed by atoms with van der Waals surface area (Å²) in [6, 6.07) is 0.521. The number of hydrogen-bond donors (Lipinski definition) is 1. The summed E-state index contributed by atoms with van der Waals surface area (Å²) in [7, 11) is 0. The molecule has 1 amide bonds. The van der Waals surface area contributed by atoms with Gasteiger partial charge in [-0.15, -0.1) is 0 Å². The SMILES string of the molecule is CC1CC1NC(=O)C1CC1. The molecule has 0 radical (unpaired) electrons. The van der Waals surface area contributed by atoms with E-state index in [-0.39, 0.29) is 0 Å². The number of amides is 1. The molecule has 2 rings (SSSR count). The first-order valence-corrected chi connectivity index (χ1v) is 4.08. The molecule has 2 nitrogen and oxygen atoms in total. The first kappa shape index (κ1) is 6.20. The summed E-state index contributed by atoms with van der Waals surface area (Å²) in [6.07, 6.45) is 3.43. The smallest absolute Gasteiger partial charge is 0.223 e. The molecule has 0 spiro atoms. The van der Waals surface area contributed by atoms with Crippen LogP contribution < -0.4 is 5.32 Å². The predicted molar refractivity (Wildman–Crippen MR) is 38.4 cm³/mol. The molecule has 2 fully saturated rings. The largest absolute Gasteiger partial charge is 0.353 e. The van der Waals surface area contributed by atoms with Crippen LogP contribution in [0.5, 0.6) is 0 Å². The van der Waals surface area contributed by atoms with Gasteiger partial charge in [0.1, 0.15) is 0 Å². The van der Waals surface area contributed by atoms with Crippen molar-refractivity contribution in [3.8, 4) is 0 Å². The zero-order valence-electron chi connectivity index (χ0n) is 6.26. The molecule has 2 atom stereocenters. The van der Waals surface area contributed by atoms with Crippen LogP contribution in [0.15, 0.2) is 0 Å². The molecule has 0 aliphatic heterocycles. The van der Waals surface area contributed by atoms with Gasteiger partial charge in [-0.2, -0.15) is 0 Å². The molecule has 56 valence electrons. The van der Waals surface area contributed by atoms with E-state index in [0.29, 0.717) is 17.9 Å². The van der Waals surface area contributed by atoms with E-state index in [4.69, 9.17) is 0 Å². The van der Waals surface area contributed by atoms with E-state index in [1.54, 1.807) is 0 Å². The zero-order chi connectivity index (χ0) is 7.14. The Labute approximate surface area is 61.0 Å². The van der Waals surface area contributed by atoms with Crippen molar-refractivity contribution in [2.75, 3.05) is 0 Å². The summed E-state index contributed by atoms with van der Waals surface area (Å²) in [6.45, 7) is 2.18. The Bertz CT molecular complexity index is 163. The maximum atomic E-state index is 11.1. The van der Waals surface area contributed by atoms with Gasteiger partial charge in [-0.25, -0.2) is 0 Å². The summed E-state index contributed by atoms with van der Waals surface area (Å²) in [5.74, 6) is 1.42. The fourth-order valence-electron chi connectivity index (χ4n) is 1.17. The van der Waals surface area contributed by atoms with Crippen molar-refractivity contribution < 1.29 is 4.79 Å². The van der Waals surface area contributed by atoms with Crippen LogP contribution in [0.25, 0.3) is 0 Å². The summed E-state index contributed by atoms with van der Waals surface area (Å²) in [5, 5.41) is 3.03. The Morgan fingerprint density at radius 3 is 2.50 bits per heavy atom. The molecule has 2 unspecified atom stereocenters. The van der Waals surface area contributed by atoms with E-state index in [1.807, 2.05) is 0 Å². The second-order valence-corrected chi connectivity index (χ2v) is 3.60. The van der Waals surface area contributed by atoms with Crippen LogP contribution in [0, 0.1) is 11.8 Å². The van der Waals surface area contributed by atoms with Crippen molar-refractivity contribution in [2.45, 2.75) is 32.2 Å². The highest BCUT2D eigenvalue weighted by atomic mass is 16.2. The zero-order valence-corrected chi connectivity index (χ0v) is 6.26. The van der Waals surface area contributed by atoms with Crippen molar-refractivity contribution in [1.29, 1.82) is 0 Å². The monoisotopic (exact) mass is 139 g/mol. The third kappa shape index (κ3) is 1.15. The fourth-order valence-corrected chi connectivity index (χ4v) is 1.17. The Hall–Kier alpha value is -0.530. The van der Waals surface area contributed by atoms with Crippen LogP contribution in [0.4, 0.5) is 0 Å². The molecule has 0 heterocycles. The maximum absolute atomic E-state index is 11.1. The average molecular weight is 139 g/mol. The topological polar surface area (TPSA) is 29.1 Å². The van der Waals surface area contributed by atoms with Crippen molar-refractivity contribution in [1.82, 2.24) is 5.32 Å². The van der Waals surface area contributed by atoms with Gasteiger partial charge in [0.15, 0.2) is 0 Å². The van der Waals surface area contributed by atoms with Gasteiger partial charge in [0.05, 0.1) is 0 Å². The molecule has 2 heteroatoms. The first-order valence-electron chi connectivity index (χ1n) is 4.08. The molecule has 1 N–H and O–H groups in total. The molecular formula is C8H13NO. The molecule has 0 saturated heterocycles. The Morgan fingerprint density at radius 2 is 2.10 bits per heavy atom. The van der Waals surface area contributed by atoms with Gasteiger partial charge in [-0.05, 0) is 25.2 Å². The van der Waals surface area contributed by atoms with Crippen molar-refractivity contribution in [2.24, 2.45) is 11.8 Å². The molecule has 0 aromatic carbocycles. The summed E-state index contributed by atoms with van der Waals surface area (Å²) in [4.78, 5) is 11.1. The summed E-state index contributed by atoms with van der Waals surface area (Å²) >= 11 is 0. The van der Waals surface area contributed by atoms with Gasteiger partial charge in [-0.1, -0.05) is 6.92 Å². The second-order valence-electron chi connectivity index (χ2n) is 3.60. The first-order chi connectivity index (χ1) is 4.77. The van der Waals surface area contributed by atoms with E-state index in [0.717, 1.165) is 18.8 Å². The maximum Gasteiger partial charge on any atom is 0.223 e. The van der Waals surface area contributed by atoms with Gasteiger partial charge in [0.2, 0.25) is 5.91 Å². The van der Waals surface area contributed by atoms with E-state index >= 15 is 0 Å². The number of carbonyl (C=O) groups is 1. The van der Waals surface area contributed by atoms with E-state index < -0.39 is 0 Å². The lowest BCUT2D eigenvalue weighted by molar-refractivity contribution is -0.122. The molecule has 0 bridgehead atoms. The number of nitrogens with one attached hydrogen (secondary N) is 1. The van der Waals surface area contributed by atoms with E-state index in [9.17, 15) is 4.79 Å². The molecule has 2 aliphatic carbocycles. The highest BCUT2D eigenvalue weighted by molar-refractivity contribution is 5.81. The van der Waals surface area contributed by atoms with Gasteiger partial charge in [-0.3, -0.25) is 4.79 Å². The highest BCUT2D eigenvalue weighted by Crippen LogP contribution is 2.33. The van der Waals surface area contributed by atoms with Crippen LogP contribution in [0.1, 0.15) is 26.2 Å². The fraction of sp³-hybridized carbons (Fsp3) is 0.875. The minimum atomic E-state index is 0.300. The van der Waals surface area contributed by atoms with Crippen molar-refractivity contribution in [3.05, 3.63) is 0 Å². The van der Waals surface area contributed by atoms with Crippen molar-refractivity contribution >= 4 is 5.91 Å². The molecule has 10 heavy (non-hydrogen) atoms. The lowest BCUT2D eigenvalue weighted by atomic mass is 10.4. The Balaban J connectivity index is 1.74. The third-order valence-electron chi connectivity index (χ3n) is 2.39. The second kappa shape index (κ2) is 1.97. The van der Waals surface area contributed by atoms with Gasteiger partial charge < -0.3 is 5.32 Å². The van der Waals surface area contributed by atoms with Crippen molar-refractivity contribution in [3.63, 3.8) is 0 Å². The number of hydrogen-bond acceptors (Lipinski definition) is 1. The minimum Gasteiger partial charge on any atom is -0.353 e.